The van der Waals surface area contributed by atoms with Crippen LogP contribution in [0, 0.1) is 0 Å². The third kappa shape index (κ3) is 1.01. The van der Waals surface area contributed by atoms with Crippen molar-refractivity contribution in [2.75, 3.05) is 0 Å². The molecule has 0 aliphatic rings. The lowest BCUT2D eigenvalue weighted by molar-refractivity contribution is 0.482. The smallest absolute Gasteiger partial charge is 0.142 e. The van der Waals surface area contributed by atoms with Gasteiger partial charge in [-0.05, 0) is 12.1 Å². The van der Waals surface area contributed by atoms with E-state index in [4.69, 9.17) is 11.6 Å². The van der Waals surface area contributed by atoms with Crippen LogP contribution in [-0.4, -0.2) is 10.1 Å². The van der Waals surface area contributed by atoms with Crippen LogP contribution in [0.2, 0.25) is 5.02 Å². The molecule has 2 nitrogen and oxygen atoms in total. The number of fused-ring (bicyclic) bond motifs is 1. The number of rotatable bonds is 0. The van der Waals surface area contributed by atoms with Crippen LogP contribution in [0.1, 0.15) is 0 Å². The largest absolute Gasteiger partial charge is 0.506 e. The van der Waals surface area contributed by atoms with Gasteiger partial charge in [-0.25, -0.2) is 0 Å². The van der Waals surface area contributed by atoms with Gasteiger partial charge in [0.25, 0.3) is 0 Å². The van der Waals surface area contributed by atoms with Gasteiger partial charge in [0.15, 0.2) is 0 Å². The summed E-state index contributed by atoms with van der Waals surface area (Å²) in [4.78, 5) is 3.93. The molecule has 0 atom stereocenters. The molecule has 0 saturated carbocycles. The van der Waals surface area contributed by atoms with Gasteiger partial charge in [-0.2, -0.15) is 0 Å². The SMILES string of the molecule is Oc1c(Cl)ccc2cnccc12. The van der Waals surface area contributed by atoms with Gasteiger partial charge in [0.05, 0.1) is 5.02 Å². The molecule has 3 heteroatoms. The van der Waals surface area contributed by atoms with E-state index in [-0.39, 0.29) is 5.75 Å². The zero-order valence-electron chi connectivity index (χ0n) is 6.16. The molecule has 0 radical (unpaired) electrons. The number of aromatic hydroxyl groups is 1. The lowest BCUT2D eigenvalue weighted by Gasteiger charge is -2.00. The molecule has 2 aromatic rings. The van der Waals surface area contributed by atoms with E-state index in [1.807, 2.05) is 6.07 Å². The Kier molecular flexibility index (Phi) is 1.62. The van der Waals surface area contributed by atoms with Gasteiger partial charge in [-0.1, -0.05) is 17.7 Å². The first-order valence-electron chi connectivity index (χ1n) is 3.50. The number of aromatic nitrogens is 1. The van der Waals surface area contributed by atoms with Crippen LogP contribution in [-0.2, 0) is 0 Å². The molecule has 0 aliphatic carbocycles. The van der Waals surface area contributed by atoms with Crippen molar-refractivity contribution in [1.82, 2.24) is 4.98 Å². The molecule has 1 aromatic carbocycles. The number of nitrogens with zero attached hydrogens (tertiary/aromatic N) is 1. The Bertz CT molecular complexity index is 428. The molecule has 1 N–H and O–H groups in total. The fourth-order valence-electron chi connectivity index (χ4n) is 1.13. The third-order valence-electron chi connectivity index (χ3n) is 1.74. The van der Waals surface area contributed by atoms with Crippen LogP contribution < -0.4 is 0 Å². The lowest BCUT2D eigenvalue weighted by atomic mass is 10.1. The van der Waals surface area contributed by atoms with Crippen molar-refractivity contribution < 1.29 is 5.11 Å². The van der Waals surface area contributed by atoms with E-state index < -0.39 is 0 Å². The highest BCUT2D eigenvalue weighted by molar-refractivity contribution is 6.33. The fourth-order valence-corrected chi connectivity index (χ4v) is 1.29. The maximum absolute atomic E-state index is 9.50. The molecule has 0 amide bonds. The lowest BCUT2D eigenvalue weighted by Crippen LogP contribution is -1.76. The summed E-state index contributed by atoms with van der Waals surface area (Å²) in [5, 5.41) is 11.5. The minimum Gasteiger partial charge on any atom is -0.506 e. The summed E-state index contributed by atoms with van der Waals surface area (Å²) in [6, 6.07) is 5.21. The Morgan fingerprint density at radius 1 is 1.25 bits per heavy atom. The van der Waals surface area contributed by atoms with Crippen molar-refractivity contribution in [2.24, 2.45) is 0 Å². The summed E-state index contributed by atoms with van der Waals surface area (Å²) in [5.74, 6) is 0.122. The standard InChI is InChI=1S/C9H6ClNO/c10-8-2-1-6-5-11-4-3-7(6)9(8)12/h1-5,12H. The first kappa shape index (κ1) is 7.37. The van der Waals surface area contributed by atoms with Gasteiger partial charge < -0.3 is 5.11 Å². The van der Waals surface area contributed by atoms with Crippen molar-refractivity contribution >= 4 is 22.4 Å². The van der Waals surface area contributed by atoms with Gasteiger partial charge >= 0.3 is 0 Å². The Morgan fingerprint density at radius 3 is 2.92 bits per heavy atom. The number of benzene rings is 1. The van der Waals surface area contributed by atoms with Crippen molar-refractivity contribution in [3.05, 3.63) is 35.6 Å². The van der Waals surface area contributed by atoms with E-state index in [0.29, 0.717) is 5.02 Å². The molecule has 0 spiro atoms. The maximum atomic E-state index is 9.50. The van der Waals surface area contributed by atoms with Gasteiger partial charge in [-0.15, -0.1) is 0 Å². The summed E-state index contributed by atoms with van der Waals surface area (Å²) in [6.07, 6.45) is 3.31. The summed E-state index contributed by atoms with van der Waals surface area (Å²) >= 11 is 5.72. The second-order valence-electron chi connectivity index (χ2n) is 2.49. The zero-order chi connectivity index (χ0) is 8.55. The van der Waals surface area contributed by atoms with Crippen LogP contribution in [0.5, 0.6) is 5.75 Å². The number of pyridine rings is 1. The number of phenols is 1. The second kappa shape index (κ2) is 2.64. The molecule has 12 heavy (non-hydrogen) atoms. The quantitative estimate of drug-likeness (QED) is 0.675. The summed E-state index contributed by atoms with van der Waals surface area (Å²) in [6.45, 7) is 0. The van der Waals surface area contributed by atoms with Gasteiger partial charge in [-0.3, -0.25) is 4.98 Å². The molecule has 0 aliphatic heterocycles. The topological polar surface area (TPSA) is 33.1 Å². The normalized spacial score (nSPS) is 10.4. The maximum Gasteiger partial charge on any atom is 0.142 e. The third-order valence-corrected chi connectivity index (χ3v) is 2.05. The number of phenolic OH excluding ortho intramolecular Hbond substituents is 1. The van der Waals surface area contributed by atoms with Crippen LogP contribution in [0.4, 0.5) is 0 Å². The zero-order valence-corrected chi connectivity index (χ0v) is 6.92. The summed E-state index contributed by atoms with van der Waals surface area (Å²) in [5.41, 5.74) is 0. The predicted molar refractivity (Wildman–Crippen MR) is 48.4 cm³/mol. The Labute approximate surface area is 74.4 Å². The minimum absolute atomic E-state index is 0.122. The number of hydrogen-bond donors (Lipinski definition) is 1. The molecule has 1 aromatic heterocycles. The first-order chi connectivity index (χ1) is 5.79. The summed E-state index contributed by atoms with van der Waals surface area (Å²) in [7, 11) is 0. The Hall–Kier alpha value is -1.28. The molecule has 60 valence electrons. The van der Waals surface area contributed by atoms with E-state index in [1.165, 1.54) is 0 Å². The Morgan fingerprint density at radius 2 is 2.08 bits per heavy atom. The van der Waals surface area contributed by atoms with Gasteiger partial charge in [0, 0.05) is 23.2 Å². The van der Waals surface area contributed by atoms with Crippen molar-refractivity contribution in [3.8, 4) is 5.75 Å². The molecular weight excluding hydrogens is 174 g/mol. The fraction of sp³-hybridized carbons (Fsp3) is 0. The van der Waals surface area contributed by atoms with E-state index >= 15 is 0 Å². The highest BCUT2D eigenvalue weighted by Gasteiger charge is 2.02. The highest BCUT2D eigenvalue weighted by atomic mass is 35.5. The first-order valence-corrected chi connectivity index (χ1v) is 3.88. The number of hydrogen-bond acceptors (Lipinski definition) is 2. The van der Waals surface area contributed by atoms with Crippen LogP contribution in [0.25, 0.3) is 10.8 Å². The average Bonchev–Trinajstić information content (AvgIpc) is 2.12. The second-order valence-corrected chi connectivity index (χ2v) is 2.90. The minimum atomic E-state index is 0.122. The van der Waals surface area contributed by atoms with Crippen molar-refractivity contribution in [2.45, 2.75) is 0 Å². The molecular formula is C9H6ClNO. The van der Waals surface area contributed by atoms with E-state index in [1.54, 1.807) is 24.5 Å². The van der Waals surface area contributed by atoms with Crippen molar-refractivity contribution in [3.63, 3.8) is 0 Å². The molecule has 2 rings (SSSR count). The van der Waals surface area contributed by atoms with Crippen molar-refractivity contribution in [1.29, 1.82) is 0 Å². The van der Waals surface area contributed by atoms with Gasteiger partial charge in [0.2, 0.25) is 0 Å². The predicted octanol–water partition coefficient (Wildman–Crippen LogP) is 2.59. The van der Waals surface area contributed by atoms with E-state index in [2.05, 4.69) is 4.98 Å². The molecule has 0 unspecified atom stereocenters. The Balaban J connectivity index is 2.91. The highest BCUT2D eigenvalue weighted by Crippen LogP contribution is 2.31. The average molecular weight is 180 g/mol. The van der Waals surface area contributed by atoms with Crippen LogP contribution in [0.15, 0.2) is 30.6 Å². The molecule has 0 fully saturated rings. The molecule has 1 heterocycles. The monoisotopic (exact) mass is 179 g/mol. The van der Waals surface area contributed by atoms with Crippen LogP contribution in [0.3, 0.4) is 0 Å². The molecule has 0 bridgehead atoms. The van der Waals surface area contributed by atoms with Crippen LogP contribution >= 0.6 is 11.6 Å². The number of halogens is 1. The van der Waals surface area contributed by atoms with E-state index in [0.717, 1.165) is 10.8 Å². The van der Waals surface area contributed by atoms with Gasteiger partial charge in [0.1, 0.15) is 5.75 Å². The summed E-state index contributed by atoms with van der Waals surface area (Å²) < 4.78 is 0. The molecule has 0 saturated heterocycles. The van der Waals surface area contributed by atoms with E-state index in [9.17, 15) is 5.11 Å².